The maximum atomic E-state index is 11.0. The normalized spacial score (nSPS) is 12.6. The van der Waals surface area contributed by atoms with Crippen molar-refractivity contribution in [3.63, 3.8) is 0 Å². The average molecular weight is 176 g/mol. The molecule has 1 unspecified atom stereocenters. The molecular weight excluding hydrogens is 160 g/mol. The number of thioether (sulfide) groups is 1. The van der Waals surface area contributed by atoms with Gasteiger partial charge in [0.25, 0.3) is 0 Å². The summed E-state index contributed by atoms with van der Waals surface area (Å²) in [6.07, 6.45) is 1.94. The smallest absolute Gasteiger partial charge is 0.246 e. The van der Waals surface area contributed by atoms with Gasteiger partial charge in [-0.1, -0.05) is 13.8 Å². The SMILES string of the molecule is CCCSC(CC)C(=O)NN. The molecule has 1 atom stereocenters. The monoisotopic (exact) mass is 176 g/mol. The van der Waals surface area contributed by atoms with Gasteiger partial charge in [-0.25, -0.2) is 5.84 Å². The van der Waals surface area contributed by atoms with Crippen LogP contribution >= 0.6 is 11.8 Å². The van der Waals surface area contributed by atoms with Crippen LogP contribution in [-0.2, 0) is 4.79 Å². The van der Waals surface area contributed by atoms with Crippen LogP contribution in [0.4, 0.5) is 0 Å². The lowest BCUT2D eigenvalue weighted by Gasteiger charge is -2.10. The molecule has 0 saturated heterocycles. The molecule has 0 saturated carbocycles. The van der Waals surface area contributed by atoms with E-state index in [0.29, 0.717) is 0 Å². The minimum absolute atomic E-state index is 0.0277. The molecule has 0 bridgehead atoms. The van der Waals surface area contributed by atoms with Gasteiger partial charge in [0.1, 0.15) is 0 Å². The molecule has 0 radical (unpaired) electrons. The van der Waals surface area contributed by atoms with Crippen LogP contribution in [0.5, 0.6) is 0 Å². The number of hydrogen-bond acceptors (Lipinski definition) is 3. The minimum atomic E-state index is -0.0639. The Morgan fingerprint density at radius 3 is 2.64 bits per heavy atom. The first-order valence-electron chi connectivity index (χ1n) is 3.88. The fraction of sp³-hybridized carbons (Fsp3) is 0.857. The van der Waals surface area contributed by atoms with Crippen molar-refractivity contribution < 1.29 is 4.79 Å². The predicted octanol–water partition coefficient (Wildman–Crippen LogP) is 0.898. The molecule has 4 heteroatoms. The van der Waals surface area contributed by atoms with E-state index in [2.05, 4.69) is 12.3 Å². The van der Waals surface area contributed by atoms with Crippen LogP contribution in [0.25, 0.3) is 0 Å². The molecule has 0 heterocycles. The molecule has 0 aliphatic rings. The van der Waals surface area contributed by atoms with Gasteiger partial charge in [0.05, 0.1) is 5.25 Å². The molecule has 0 aromatic heterocycles. The van der Waals surface area contributed by atoms with E-state index in [9.17, 15) is 4.79 Å². The van der Waals surface area contributed by atoms with Crippen LogP contribution in [0.15, 0.2) is 0 Å². The largest absolute Gasteiger partial charge is 0.293 e. The lowest BCUT2D eigenvalue weighted by molar-refractivity contribution is -0.120. The summed E-state index contributed by atoms with van der Waals surface area (Å²) in [5, 5.41) is 0.0277. The Morgan fingerprint density at radius 2 is 2.27 bits per heavy atom. The number of carbonyl (C=O) groups is 1. The van der Waals surface area contributed by atoms with Crippen molar-refractivity contribution in [2.45, 2.75) is 31.9 Å². The summed E-state index contributed by atoms with van der Waals surface area (Å²) in [4.78, 5) is 11.0. The molecule has 66 valence electrons. The molecule has 0 aromatic rings. The first-order chi connectivity index (χ1) is 5.26. The minimum Gasteiger partial charge on any atom is -0.293 e. The summed E-state index contributed by atoms with van der Waals surface area (Å²) in [6, 6.07) is 0. The van der Waals surface area contributed by atoms with E-state index in [1.807, 2.05) is 6.92 Å². The predicted molar refractivity (Wildman–Crippen MR) is 49.2 cm³/mol. The standard InChI is InChI=1S/C7H16N2OS/c1-3-5-11-6(4-2)7(10)9-8/h6H,3-5,8H2,1-2H3,(H,9,10). The summed E-state index contributed by atoms with van der Waals surface area (Å²) in [7, 11) is 0. The van der Waals surface area contributed by atoms with Crippen LogP contribution in [-0.4, -0.2) is 16.9 Å². The molecule has 0 aliphatic heterocycles. The highest BCUT2D eigenvalue weighted by molar-refractivity contribution is 8.00. The second-order valence-electron chi connectivity index (χ2n) is 2.28. The summed E-state index contributed by atoms with van der Waals surface area (Å²) in [5.74, 6) is 5.96. The number of rotatable bonds is 5. The van der Waals surface area contributed by atoms with E-state index in [1.54, 1.807) is 11.8 Å². The highest BCUT2D eigenvalue weighted by Gasteiger charge is 2.14. The Kier molecular flexibility index (Phi) is 6.36. The summed E-state index contributed by atoms with van der Waals surface area (Å²) < 4.78 is 0. The third kappa shape index (κ3) is 4.27. The molecule has 0 fully saturated rings. The fourth-order valence-electron chi connectivity index (χ4n) is 0.732. The van der Waals surface area contributed by atoms with E-state index in [0.717, 1.165) is 18.6 Å². The van der Waals surface area contributed by atoms with Crippen LogP contribution in [0.2, 0.25) is 0 Å². The van der Waals surface area contributed by atoms with E-state index in [4.69, 9.17) is 5.84 Å². The molecule has 0 aliphatic carbocycles. The maximum Gasteiger partial charge on any atom is 0.246 e. The molecule has 0 rings (SSSR count). The third-order valence-corrected chi connectivity index (χ3v) is 2.92. The van der Waals surface area contributed by atoms with Crippen molar-refractivity contribution in [2.24, 2.45) is 5.84 Å². The molecule has 3 nitrogen and oxygen atoms in total. The number of hydrogen-bond donors (Lipinski definition) is 2. The molecule has 0 spiro atoms. The van der Waals surface area contributed by atoms with Gasteiger partial charge in [-0.2, -0.15) is 0 Å². The van der Waals surface area contributed by atoms with Gasteiger partial charge in [0.2, 0.25) is 5.91 Å². The zero-order valence-corrected chi connectivity index (χ0v) is 7.91. The number of hydrazine groups is 1. The first-order valence-corrected chi connectivity index (χ1v) is 4.93. The second kappa shape index (κ2) is 6.49. The summed E-state index contributed by atoms with van der Waals surface area (Å²) in [6.45, 7) is 4.09. The highest BCUT2D eigenvalue weighted by Crippen LogP contribution is 2.14. The van der Waals surface area contributed by atoms with E-state index < -0.39 is 0 Å². The second-order valence-corrected chi connectivity index (χ2v) is 3.59. The van der Waals surface area contributed by atoms with Gasteiger partial charge in [-0.15, -0.1) is 11.8 Å². The van der Waals surface area contributed by atoms with Crippen molar-refractivity contribution in [2.75, 3.05) is 5.75 Å². The van der Waals surface area contributed by atoms with Gasteiger partial charge >= 0.3 is 0 Å². The van der Waals surface area contributed by atoms with Crippen molar-refractivity contribution in [3.8, 4) is 0 Å². The highest BCUT2D eigenvalue weighted by atomic mass is 32.2. The summed E-state index contributed by atoms with van der Waals surface area (Å²) >= 11 is 1.66. The quantitative estimate of drug-likeness (QED) is 0.372. The van der Waals surface area contributed by atoms with Crippen LogP contribution < -0.4 is 11.3 Å². The Morgan fingerprint density at radius 1 is 1.64 bits per heavy atom. The van der Waals surface area contributed by atoms with Gasteiger partial charge in [-0.05, 0) is 18.6 Å². The molecule has 0 aromatic carbocycles. The molecule has 3 N–H and O–H groups in total. The zero-order chi connectivity index (χ0) is 8.69. The van der Waals surface area contributed by atoms with Gasteiger partial charge in [0.15, 0.2) is 0 Å². The van der Waals surface area contributed by atoms with Crippen molar-refractivity contribution in [3.05, 3.63) is 0 Å². The van der Waals surface area contributed by atoms with Gasteiger partial charge in [-0.3, -0.25) is 10.2 Å². The van der Waals surface area contributed by atoms with Crippen molar-refractivity contribution >= 4 is 17.7 Å². The van der Waals surface area contributed by atoms with E-state index >= 15 is 0 Å². The molecular formula is C7H16N2OS. The Balaban J connectivity index is 3.65. The zero-order valence-electron chi connectivity index (χ0n) is 7.09. The van der Waals surface area contributed by atoms with E-state index in [-0.39, 0.29) is 11.2 Å². The number of carbonyl (C=O) groups excluding carboxylic acids is 1. The number of amides is 1. The van der Waals surface area contributed by atoms with Gasteiger partial charge in [0, 0.05) is 0 Å². The van der Waals surface area contributed by atoms with Crippen molar-refractivity contribution in [1.29, 1.82) is 0 Å². The average Bonchev–Trinajstić information content (AvgIpc) is 2.05. The van der Waals surface area contributed by atoms with Crippen LogP contribution in [0.3, 0.4) is 0 Å². The van der Waals surface area contributed by atoms with E-state index in [1.165, 1.54) is 0 Å². The Bertz CT molecular complexity index is 119. The molecule has 1 amide bonds. The Labute approximate surface area is 72.1 Å². The summed E-state index contributed by atoms with van der Waals surface area (Å²) in [5.41, 5.74) is 2.17. The van der Waals surface area contributed by atoms with Gasteiger partial charge < -0.3 is 0 Å². The lowest BCUT2D eigenvalue weighted by Crippen LogP contribution is -2.37. The van der Waals surface area contributed by atoms with Crippen LogP contribution in [0.1, 0.15) is 26.7 Å². The Hall–Kier alpha value is -0.220. The maximum absolute atomic E-state index is 11.0. The topological polar surface area (TPSA) is 55.1 Å². The number of nitrogens with one attached hydrogen (secondary N) is 1. The third-order valence-electron chi connectivity index (χ3n) is 1.33. The lowest BCUT2D eigenvalue weighted by atomic mass is 10.3. The fourth-order valence-corrected chi connectivity index (χ4v) is 1.71. The van der Waals surface area contributed by atoms with Crippen molar-refractivity contribution in [1.82, 2.24) is 5.43 Å². The van der Waals surface area contributed by atoms with Crippen LogP contribution in [0, 0.1) is 0 Å². The number of nitrogens with two attached hydrogens (primary N) is 1. The molecule has 11 heavy (non-hydrogen) atoms. The first kappa shape index (κ1) is 10.8.